The molecule has 0 aliphatic heterocycles. The van der Waals surface area contributed by atoms with E-state index in [1.807, 2.05) is 18.2 Å². The Labute approximate surface area is 128 Å². The first-order valence-corrected chi connectivity index (χ1v) is 6.52. The molecule has 6 heteroatoms. The number of nitrogens with zero attached hydrogens (tertiary/aromatic N) is 2. The molecule has 110 valence electrons. The van der Waals surface area contributed by atoms with Gasteiger partial charge >= 0.3 is 6.02 Å². The van der Waals surface area contributed by atoms with E-state index in [0.29, 0.717) is 17.0 Å². The average Bonchev–Trinajstić information content (AvgIpc) is 2.56. The number of nitriles is 1. The molecule has 0 aromatic heterocycles. The van der Waals surface area contributed by atoms with Crippen LogP contribution in [0.25, 0.3) is 0 Å². The average molecular weight is 294 g/mol. The summed E-state index contributed by atoms with van der Waals surface area (Å²) in [6, 6.07) is 15.7. The van der Waals surface area contributed by atoms with Crippen molar-refractivity contribution < 1.29 is 9.53 Å². The molecule has 0 bridgehead atoms. The van der Waals surface area contributed by atoms with Crippen molar-refractivity contribution in [3.8, 4) is 11.9 Å². The van der Waals surface area contributed by atoms with Gasteiger partial charge in [-0.15, -0.1) is 0 Å². The Morgan fingerprint density at radius 1 is 1.14 bits per heavy atom. The molecule has 0 saturated heterocycles. The van der Waals surface area contributed by atoms with E-state index in [4.69, 9.17) is 10.00 Å². The van der Waals surface area contributed by atoms with Crippen molar-refractivity contribution in [2.45, 2.75) is 0 Å². The summed E-state index contributed by atoms with van der Waals surface area (Å²) in [5.74, 6) is 0.386. The number of rotatable bonds is 3. The normalized spacial score (nSPS) is 10.5. The van der Waals surface area contributed by atoms with Crippen molar-refractivity contribution in [2.75, 3.05) is 7.05 Å². The molecule has 0 atom stereocenters. The van der Waals surface area contributed by atoms with Gasteiger partial charge in [-0.1, -0.05) is 18.2 Å². The summed E-state index contributed by atoms with van der Waals surface area (Å²) in [6.07, 6.45) is 1.78. The van der Waals surface area contributed by atoms with E-state index in [1.165, 1.54) is 0 Å². The van der Waals surface area contributed by atoms with Crippen molar-refractivity contribution in [3.05, 3.63) is 60.2 Å². The van der Waals surface area contributed by atoms with Crippen LogP contribution in [0.1, 0.15) is 10.4 Å². The van der Waals surface area contributed by atoms with Crippen LogP contribution in [0.2, 0.25) is 0 Å². The van der Waals surface area contributed by atoms with Crippen LogP contribution in [0.15, 0.2) is 59.6 Å². The summed E-state index contributed by atoms with van der Waals surface area (Å²) in [4.78, 5) is 15.7. The third kappa shape index (κ3) is 4.08. The van der Waals surface area contributed by atoms with Gasteiger partial charge in [0.1, 0.15) is 5.75 Å². The number of carbonyl (C=O) groups is 1. The summed E-state index contributed by atoms with van der Waals surface area (Å²) < 4.78 is 5.49. The van der Waals surface area contributed by atoms with Gasteiger partial charge in [0.25, 0.3) is 5.91 Å². The highest BCUT2D eigenvalue weighted by atomic mass is 16.5. The van der Waals surface area contributed by atoms with E-state index < -0.39 is 0 Å². The second-order valence-corrected chi connectivity index (χ2v) is 4.19. The Bertz CT molecular complexity index is 703. The van der Waals surface area contributed by atoms with Crippen molar-refractivity contribution in [2.24, 2.45) is 4.99 Å². The Kier molecular flexibility index (Phi) is 5.10. The van der Waals surface area contributed by atoms with Crippen LogP contribution < -0.4 is 15.4 Å². The molecule has 2 N–H and O–H groups in total. The molecule has 2 aromatic rings. The Balaban J connectivity index is 2.19. The van der Waals surface area contributed by atoms with Crippen LogP contribution in [-0.4, -0.2) is 19.0 Å². The predicted octanol–water partition coefficient (Wildman–Crippen LogP) is 2.18. The monoisotopic (exact) mass is 294 g/mol. The van der Waals surface area contributed by atoms with Crippen molar-refractivity contribution in [1.82, 2.24) is 10.6 Å². The van der Waals surface area contributed by atoms with Crippen molar-refractivity contribution >= 4 is 17.6 Å². The van der Waals surface area contributed by atoms with Crippen molar-refractivity contribution in [1.29, 1.82) is 5.26 Å². The summed E-state index contributed by atoms with van der Waals surface area (Å²) in [6.45, 7) is 0. The fraction of sp³-hybridized carbons (Fsp3) is 0.0625. The predicted molar refractivity (Wildman–Crippen MR) is 82.7 cm³/mol. The van der Waals surface area contributed by atoms with Gasteiger partial charge in [-0.25, -0.2) is 5.32 Å². The highest BCUT2D eigenvalue weighted by Crippen LogP contribution is 2.15. The standard InChI is InChI=1S/C16H14N4O2/c1-18-15(21)12-7-9-13(10-8-12)20-16(19-11-17)22-14-5-3-2-4-6-14/h2-10H,1H3,(H,18,21)(H,19,20). The van der Waals surface area contributed by atoms with Gasteiger partial charge in [0.05, 0.1) is 5.69 Å². The molecular formula is C16H14N4O2. The van der Waals surface area contributed by atoms with Gasteiger partial charge in [0.15, 0.2) is 6.19 Å². The third-order valence-electron chi connectivity index (χ3n) is 2.71. The van der Waals surface area contributed by atoms with E-state index in [-0.39, 0.29) is 11.9 Å². The smallest absolute Gasteiger partial charge is 0.309 e. The van der Waals surface area contributed by atoms with Crippen LogP contribution >= 0.6 is 0 Å². The maximum absolute atomic E-state index is 11.5. The molecule has 2 aromatic carbocycles. The first kappa shape index (κ1) is 15.1. The minimum Gasteiger partial charge on any atom is -0.425 e. The van der Waals surface area contributed by atoms with Crippen LogP contribution in [0.3, 0.4) is 0 Å². The number of ether oxygens (including phenoxy) is 1. The van der Waals surface area contributed by atoms with Gasteiger partial charge in [-0.2, -0.15) is 10.3 Å². The van der Waals surface area contributed by atoms with Gasteiger partial charge in [-0.05, 0) is 36.4 Å². The molecule has 0 aliphatic carbocycles. The number of amidine groups is 1. The number of carbonyl (C=O) groups excluding carboxylic acids is 1. The highest BCUT2D eigenvalue weighted by molar-refractivity contribution is 5.94. The molecule has 0 spiro atoms. The van der Waals surface area contributed by atoms with Crippen molar-refractivity contribution in [3.63, 3.8) is 0 Å². The fourth-order valence-corrected chi connectivity index (χ4v) is 1.67. The topological polar surface area (TPSA) is 86.5 Å². The fourth-order valence-electron chi connectivity index (χ4n) is 1.67. The number of hydrogen-bond acceptors (Lipinski definition) is 4. The lowest BCUT2D eigenvalue weighted by Crippen LogP contribution is -2.24. The lowest BCUT2D eigenvalue weighted by Gasteiger charge is -2.06. The quantitative estimate of drug-likeness (QED) is 0.393. The maximum Gasteiger partial charge on any atom is 0.309 e. The highest BCUT2D eigenvalue weighted by Gasteiger charge is 2.05. The molecule has 0 aliphatic rings. The van der Waals surface area contributed by atoms with E-state index in [2.05, 4.69) is 15.6 Å². The maximum atomic E-state index is 11.5. The Morgan fingerprint density at radius 2 is 1.82 bits per heavy atom. The molecule has 0 unspecified atom stereocenters. The van der Waals surface area contributed by atoms with Crippen LogP contribution in [0, 0.1) is 11.5 Å². The van der Waals surface area contributed by atoms with E-state index in [0.717, 1.165) is 0 Å². The number of hydrogen-bond donors (Lipinski definition) is 2. The number of para-hydroxylation sites is 1. The second kappa shape index (κ2) is 7.45. The Morgan fingerprint density at radius 3 is 2.41 bits per heavy atom. The molecule has 1 amide bonds. The van der Waals surface area contributed by atoms with Gasteiger partial charge < -0.3 is 10.1 Å². The number of amides is 1. The second-order valence-electron chi connectivity index (χ2n) is 4.19. The minimum atomic E-state index is -0.175. The number of benzene rings is 2. The number of nitrogens with one attached hydrogen (secondary N) is 2. The van der Waals surface area contributed by atoms with E-state index in [1.54, 1.807) is 49.6 Å². The van der Waals surface area contributed by atoms with Gasteiger partial charge in [0.2, 0.25) is 0 Å². The summed E-state index contributed by atoms with van der Waals surface area (Å²) >= 11 is 0. The van der Waals surface area contributed by atoms with Crippen LogP contribution in [-0.2, 0) is 0 Å². The third-order valence-corrected chi connectivity index (χ3v) is 2.71. The van der Waals surface area contributed by atoms with Gasteiger partial charge in [0, 0.05) is 12.6 Å². The zero-order chi connectivity index (χ0) is 15.8. The van der Waals surface area contributed by atoms with E-state index >= 15 is 0 Å². The summed E-state index contributed by atoms with van der Waals surface area (Å²) in [7, 11) is 1.57. The molecule has 0 radical (unpaired) electrons. The minimum absolute atomic E-state index is 0.0568. The molecule has 2 rings (SSSR count). The summed E-state index contributed by atoms with van der Waals surface area (Å²) in [5.41, 5.74) is 1.08. The van der Waals surface area contributed by atoms with Crippen LogP contribution in [0.5, 0.6) is 5.75 Å². The molecular weight excluding hydrogens is 280 g/mol. The zero-order valence-electron chi connectivity index (χ0n) is 11.9. The van der Waals surface area contributed by atoms with Gasteiger partial charge in [-0.3, -0.25) is 4.79 Å². The lowest BCUT2D eigenvalue weighted by atomic mass is 10.2. The molecule has 0 fully saturated rings. The first-order valence-electron chi connectivity index (χ1n) is 6.52. The lowest BCUT2D eigenvalue weighted by molar-refractivity contribution is 0.0963. The number of aliphatic imine (C=N–C) groups is 1. The molecule has 0 saturated carbocycles. The molecule has 6 nitrogen and oxygen atoms in total. The Hall–Kier alpha value is -3.33. The molecule has 0 heterocycles. The zero-order valence-corrected chi connectivity index (χ0v) is 11.9. The largest absolute Gasteiger partial charge is 0.425 e. The summed E-state index contributed by atoms with van der Waals surface area (Å²) in [5, 5.41) is 13.7. The van der Waals surface area contributed by atoms with Crippen LogP contribution in [0.4, 0.5) is 5.69 Å². The SMILES string of the molecule is CNC(=O)c1ccc(N=C(NC#N)Oc2ccccc2)cc1. The van der Waals surface area contributed by atoms with E-state index in [9.17, 15) is 4.79 Å². The molecule has 22 heavy (non-hydrogen) atoms. The first-order chi connectivity index (χ1) is 10.7.